The van der Waals surface area contributed by atoms with Crippen LogP contribution in [0, 0.1) is 10.8 Å². The van der Waals surface area contributed by atoms with E-state index in [0.717, 1.165) is 48.2 Å². The Hall–Kier alpha value is -0.740. The van der Waals surface area contributed by atoms with E-state index in [0.29, 0.717) is 24.7 Å². The van der Waals surface area contributed by atoms with E-state index in [1.165, 1.54) is 0 Å². The van der Waals surface area contributed by atoms with Crippen molar-refractivity contribution in [3.8, 4) is 0 Å². The molecule has 0 aliphatic carbocycles. The van der Waals surface area contributed by atoms with Crippen LogP contribution in [0.15, 0.2) is 0 Å². The summed E-state index contributed by atoms with van der Waals surface area (Å²) in [6, 6.07) is 0. The summed E-state index contributed by atoms with van der Waals surface area (Å²) < 4.78 is 1.92. The average molecular weight is 310 g/mol. The second-order valence-corrected chi connectivity index (χ2v) is 9.69. The van der Waals surface area contributed by atoms with Crippen molar-refractivity contribution in [2.24, 2.45) is 10.8 Å². The van der Waals surface area contributed by atoms with E-state index in [9.17, 15) is 9.59 Å². The van der Waals surface area contributed by atoms with E-state index >= 15 is 0 Å². The van der Waals surface area contributed by atoms with Crippen molar-refractivity contribution in [2.75, 3.05) is 52.4 Å². The van der Waals surface area contributed by atoms with Gasteiger partial charge in [-0.15, -0.1) is 0 Å². The van der Waals surface area contributed by atoms with E-state index in [4.69, 9.17) is 0 Å². The Kier molecular flexibility index (Phi) is 4.33. The summed E-state index contributed by atoms with van der Waals surface area (Å²) in [5, 5.41) is 0. The number of hydrogen-bond donors (Lipinski definition) is 0. The first-order valence-electron chi connectivity index (χ1n) is 8.65. The third kappa shape index (κ3) is 3.60. The van der Waals surface area contributed by atoms with Crippen LogP contribution in [0.3, 0.4) is 0 Å². The molecule has 3 aliphatic heterocycles. The van der Waals surface area contributed by atoms with Crippen molar-refractivity contribution >= 4 is 11.6 Å². The number of carbonyl (C=O) groups excluding carboxylic acids is 2. The minimum Gasteiger partial charge on any atom is -0.303 e. The number of rotatable bonds is 4. The maximum Gasteiger partial charge on any atom is 0.192 e. The highest BCUT2D eigenvalue weighted by atomic mass is 16.1. The molecule has 0 saturated carbocycles. The Morgan fingerprint density at radius 1 is 0.636 bits per heavy atom. The third-order valence-corrected chi connectivity index (χ3v) is 5.78. The molecule has 2 bridgehead atoms. The van der Waals surface area contributed by atoms with Crippen LogP contribution in [0.4, 0.5) is 0 Å². The number of ketones is 2. The molecule has 3 heterocycles. The summed E-state index contributed by atoms with van der Waals surface area (Å²) in [4.78, 5) is 24.9. The molecule has 0 amide bonds. The zero-order valence-corrected chi connectivity index (χ0v) is 15.4. The van der Waals surface area contributed by atoms with Crippen molar-refractivity contribution in [2.45, 2.75) is 41.5 Å². The predicted octanol–water partition coefficient (Wildman–Crippen LogP) is 1.88. The molecule has 3 saturated heterocycles. The van der Waals surface area contributed by atoms with Crippen LogP contribution in [0.25, 0.3) is 0 Å². The Morgan fingerprint density at radius 2 is 0.864 bits per heavy atom. The second-order valence-electron chi connectivity index (χ2n) is 9.69. The van der Waals surface area contributed by atoms with Crippen LogP contribution in [-0.4, -0.2) is 72.9 Å². The van der Waals surface area contributed by atoms with Gasteiger partial charge in [-0.1, -0.05) is 41.5 Å². The fraction of sp³-hybridized carbons (Fsp3) is 0.889. The molecule has 0 radical (unpaired) electrons. The third-order valence-electron chi connectivity index (χ3n) is 5.78. The molecule has 3 rings (SSSR count). The monoisotopic (exact) mass is 310 g/mol. The van der Waals surface area contributed by atoms with Crippen LogP contribution in [0.5, 0.6) is 0 Å². The van der Waals surface area contributed by atoms with Gasteiger partial charge in [-0.05, 0) is 0 Å². The first-order chi connectivity index (χ1) is 9.88. The molecule has 0 aromatic carbocycles. The minimum absolute atomic E-state index is 0.240. The van der Waals surface area contributed by atoms with Crippen molar-refractivity contribution < 1.29 is 18.6 Å². The molecule has 126 valence electrons. The lowest BCUT2D eigenvalue weighted by atomic mass is 9.88. The van der Waals surface area contributed by atoms with Crippen LogP contribution < -0.4 is 0 Å². The van der Waals surface area contributed by atoms with Gasteiger partial charge in [0.15, 0.2) is 11.6 Å². The number of fused-ring (bicyclic) bond motifs is 3. The second kappa shape index (κ2) is 5.41. The lowest BCUT2D eigenvalue weighted by Crippen LogP contribution is -2.76. The molecule has 4 heteroatoms. The van der Waals surface area contributed by atoms with E-state index in [1.54, 1.807) is 0 Å². The summed E-state index contributed by atoms with van der Waals surface area (Å²) >= 11 is 0. The molecule has 0 atom stereocenters. The van der Waals surface area contributed by atoms with Crippen molar-refractivity contribution in [3.05, 3.63) is 0 Å². The Labute approximate surface area is 135 Å². The van der Waals surface area contributed by atoms with Gasteiger partial charge in [0.25, 0.3) is 0 Å². The van der Waals surface area contributed by atoms with Gasteiger partial charge < -0.3 is 8.97 Å². The average Bonchev–Trinajstić information content (AvgIpc) is 2.38. The molecule has 0 spiro atoms. The first-order valence-corrected chi connectivity index (χ1v) is 8.65. The largest absolute Gasteiger partial charge is 0.303 e. The fourth-order valence-corrected chi connectivity index (χ4v) is 3.50. The van der Waals surface area contributed by atoms with Gasteiger partial charge in [0.2, 0.25) is 0 Å². The quantitative estimate of drug-likeness (QED) is 0.743. The molecule has 3 fully saturated rings. The molecule has 0 unspecified atom stereocenters. The van der Waals surface area contributed by atoms with Gasteiger partial charge in [-0.25, -0.2) is 0 Å². The zero-order chi connectivity index (χ0) is 16.8. The Bertz CT molecular complexity index is 400. The number of carbonyl (C=O) groups is 2. The topological polar surface area (TPSA) is 34.1 Å². The summed E-state index contributed by atoms with van der Waals surface area (Å²) in [7, 11) is 0. The summed E-state index contributed by atoms with van der Waals surface area (Å²) in [5.41, 5.74) is -0.480. The molecular formula is C18H34N2O2+2. The predicted molar refractivity (Wildman–Crippen MR) is 88.4 cm³/mol. The molecule has 0 N–H and O–H groups in total. The molecule has 3 aliphatic rings. The molecule has 4 nitrogen and oxygen atoms in total. The molecule has 0 aromatic rings. The summed E-state index contributed by atoms with van der Waals surface area (Å²) in [6.45, 7) is 19.8. The smallest absolute Gasteiger partial charge is 0.192 e. The first kappa shape index (κ1) is 17.6. The molecule has 22 heavy (non-hydrogen) atoms. The van der Waals surface area contributed by atoms with Gasteiger partial charge in [-0.3, -0.25) is 9.59 Å². The number of piperazine rings is 3. The maximum atomic E-state index is 12.4. The molecule has 0 aromatic heterocycles. The van der Waals surface area contributed by atoms with E-state index in [-0.39, 0.29) is 10.8 Å². The van der Waals surface area contributed by atoms with E-state index in [1.807, 2.05) is 41.5 Å². The van der Waals surface area contributed by atoms with E-state index < -0.39 is 0 Å². The van der Waals surface area contributed by atoms with Crippen LogP contribution in [0.2, 0.25) is 0 Å². The van der Waals surface area contributed by atoms with E-state index in [2.05, 4.69) is 0 Å². The number of quaternary nitrogens is 2. The maximum absolute atomic E-state index is 12.4. The van der Waals surface area contributed by atoms with Gasteiger partial charge in [0.05, 0.1) is 0 Å². The van der Waals surface area contributed by atoms with Crippen molar-refractivity contribution in [1.82, 2.24) is 0 Å². The van der Waals surface area contributed by atoms with Crippen LogP contribution in [0.1, 0.15) is 41.5 Å². The van der Waals surface area contributed by atoms with Crippen molar-refractivity contribution in [1.29, 1.82) is 0 Å². The normalized spacial score (nSPS) is 32.1. The van der Waals surface area contributed by atoms with Crippen molar-refractivity contribution in [3.63, 3.8) is 0 Å². The van der Waals surface area contributed by atoms with Crippen LogP contribution >= 0.6 is 0 Å². The van der Waals surface area contributed by atoms with Gasteiger partial charge in [0.1, 0.15) is 52.4 Å². The lowest BCUT2D eigenvalue weighted by Gasteiger charge is -2.55. The van der Waals surface area contributed by atoms with Gasteiger partial charge >= 0.3 is 0 Å². The summed E-state index contributed by atoms with van der Waals surface area (Å²) in [6.07, 6.45) is 0. The fourth-order valence-electron chi connectivity index (χ4n) is 3.50. The van der Waals surface area contributed by atoms with Gasteiger partial charge in [0, 0.05) is 10.8 Å². The SMILES string of the molecule is CC(C)(C)C(=O)C[N+]12CC[N+](CC(=O)C(C)(C)C)(CC1)CC2. The van der Waals surface area contributed by atoms with Gasteiger partial charge in [-0.2, -0.15) is 0 Å². The minimum atomic E-state index is -0.240. The van der Waals surface area contributed by atoms with Crippen LogP contribution in [-0.2, 0) is 9.59 Å². The molecular weight excluding hydrogens is 276 g/mol. The summed E-state index contributed by atoms with van der Waals surface area (Å²) in [5.74, 6) is 0.750. The number of nitrogens with zero attached hydrogens (tertiary/aromatic N) is 2. The standard InChI is InChI=1S/C18H34N2O2/c1-17(2,3)15(21)13-19-7-10-20(11-8-19,12-9-19)14-16(22)18(4,5)6/h7-14H2,1-6H3/q+2. The number of hydrogen-bond acceptors (Lipinski definition) is 2. The highest BCUT2D eigenvalue weighted by Crippen LogP contribution is 2.30. The highest BCUT2D eigenvalue weighted by molar-refractivity contribution is 5.85. The lowest BCUT2D eigenvalue weighted by molar-refractivity contribution is -1.07. The highest BCUT2D eigenvalue weighted by Gasteiger charge is 2.51. The Balaban J connectivity index is 2.00. The number of Topliss-reactive ketones (excluding diaryl/α,β-unsaturated/α-hetero) is 2. The Morgan fingerprint density at radius 3 is 1.05 bits per heavy atom. The zero-order valence-electron chi connectivity index (χ0n) is 15.4.